The van der Waals surface area contributed by atoms with Crippen LogP contribution in [0, 0.1) is 0 Å². The van der Waals surface area contributed by atoms with Crippen molar-refractivity contribution in [2.75, 3.05) is 10.6 Å². The van der Waals surface area contributed by atoms with Crippen molar-refractivity contribution >= 4 is 49.7 Å². The summed E-state index contributed by atoms with van der Waals surface area (Å²) in [6.45, 7) is 0. The fraction of sp³-hybridized carbons (Fsp3) is 0. The van der Waals surface area contributed by atoms with Gasteiger partial charge in [-0.1, -0.05) is 76.6 Å². The van der Waals surface area contributed by atoms with Crippen molar-refractivity contribution in [2.24, 2.45) is 0 Å². The lowest BCUT2D eigenvalue weighted by molar-refractivity contribution is 0.102. The number of hydrogen-bond acceptors (Lipinski definition) is 2. The van der Waals surface area contributed by atoms with Gasteiger partial charge in [0, 0.05) is 21.1 Å². The molecule has 0 bridgehead atoms. The van der Waals surface area contributed by atoms with Crippen molar-refractivity contribution in [1.82, 2.24) is 0 Å². The maximum absolute atomic E-state index is 12.7. The summed E-state index contributed by atoms with van der Waals surface area (Å²) in [6, 6.07) is 29.2. The molecule has 0 spiro atoms. The van der Waals surface area contributed by atoms with Gasteiger partial charge in [-0.15, -0.1) is 0 Å². The molecule has 4 rings (SSSR count). The number of fused-ring (bicyclic) bond motifs is 1. The first-order valence-corrected chi connectivity index (χ1v) is 9.41. The molecule has 0 heterocycles. The Hall–Kier alpha value is -3.11. The van der Waals surface area contributed by atoms with Crippen LogP contribution in [0.3, 0.4) is 0 Å². The maximum Gasteiger partial charge on any atom is 0.255 e. The lowest BCUT2D eigenvalue weighted by Crippen LogP contribution is -2.13. The zero-order valence-electron chi connectivity index (χ0n) is 14.4. The summed E-state index contributed by atoms with van der Waals surface area (Å²) in [7, 11) is 0. The van der Waals surface area contributed by atoms with E-state index in [1.54, 1.807) is 12.1 Å². The zero-order valence-corrected chi connectivity index (χ0v) is 16.0. The van der Waals surface area contributed by atoms with E-state index in [4.69, 9.17) is 0 Å². The molecule has 132 valence electrons. The lowest BCUT2D eigenvalue weighted by atomic mass is 10.1. The molecule has 0 saturated carbocycles. The third kappa shape index (κ3) is 3.71. The fourth-order valence-electron chi connectivity index (χ4n) is 3.01. The Bertz CT molecular complexity index is 1100. The molecule has 0 aliphatic heterocycles. The lowest BCUT2D eigenvalue weighted by Gasteiger charge is -2.17. The number of hydrogen-bond donors (Lipinski definition) is 2. The predicted molar refractivity (Wildman–Crippen MR) is 116 cm³/mol. The molecule has 4 heteroatoms. The highest BCUT2D eigenvalue weighted by molar-refractivity contribution is 9.10. The third-order valence-corrected chi connectivity index (χ3v) is 4.98. The first kappa shape index (κ1) is 17.3. The van der Waals surface area contributed by atoms with Crippen LogP contribution in [-0.4, -0.2) is 5.91 Å². The van der Waals surface area contributed by atoms with E-state index >= 15 is 0 Å². The van der Waals surface area contributed by atoms with Crippen LogP contribution >= 0.6 is 15.9 Å². The van der Waals surface area contributed by atoms with Crippen molar-refractivity contribution < 1.29 is 4.79 Å². The van der Waals surface area contributed by atoms with E-state index in [-0.39, 0.29) is 5.91 Å². The molecule has 0 radical (unpaired) electrons. The van der Waals surface area contributed by atoms with Crippen LogP contribution in [0.15, 0.2) is 95.5 Å². The minimum absolute atomic E-state index is 0.145. The first-order chi connectivity index (χ1) is 13.2. The number of anilines is 3. The number of halogens is 1. The second-order valence-corrected chi connectivity index (χ2v) is 6.99. The van der Waals surface area contributed by atoms with Crippen LogP contribution < -0.4 is 10.6 Å². The van der Waals surface area contributed by atoms with Crippen molar-refractivity contribution in [3.8, 4) is 0 Å². The highest BCUT2D eigenvalue weighted by Gasteiger charge is 2.14. The zero-order chi connectivity index (χ0) is 18.6. The van der Waals surface area contributed by atoms with Crippen LogP contribution in [0.5, 0.6) is 0 Å². The number of benzene rings is 4. The summed E-state index contributed by atoms with van der Waals surface area (Å²) >= 11 is 3.63. The highest BCUT2D eigenvalue weighted by atomic mass is 79.9. The molecular formula is C23H17BrN2O. The molecule has 3 nitrogen and oxygen atoms in total. The van der Waals surface area contributed by atoms with E-state index in [1.807, 2.05) is 72.8 Å². The van der Waals surface area contributed by atoms with Gasteiger partial charge in [-0.25, -0.2) is 0 Å². The number of amides is 1. The normalized spacial score (nSPS) is 10.6. The Morgan fingerprint density at radius 2 is 1.33 bits per heavy atom. The van der Waals surface area contributed by atoms with Gasteiger partial charge in [-0.05, 0) is 35.7 Å². The molecule has 27 heavy (non-hydrogen) atoms. The van der Waals surface area contributed by atoms with Gasteiger partial charge in [0.2, 0.25) is 0 Å². The Morgan fingerprint density at radius 1 is 0.741 bits per heavy atom. The monoisotopic (exact) mass is 416 g/mol. The predicted octanol–water partition coefficient (Wildman–Crippen LogP) is 6.60. The summed E-state index contributed by atoms with van der Waals surface area (Å²) in [4.78, 5) is 12.7. The van der Waals surface area contributed by atoms with Crippen LogP contribution in [0.2, 0.25) is 0 Å². The van der Waals surface area contributed by atoms with Gasteiger partial charge in [-0.2, -0.15) is 0 Å². The van der Waals surface area contributed by atoms with Gasteiger partial charge in [0.25, 0.3) is 5.91 Å². The van der Waals surface area contributed by atoms with Crippen LogP contribution in [0.4, 0.5) is 17.1 Å². The molecule has 0 aromatic heterocycles. The molecule has 0 aliphatic rings. The Kier molecular flexibility index (Phi) is 4.90. The van der Waals surface area contributed by atoms with Crippen molar-refractivity contribution in [3.63, 3.8) is 0 Å². The molecule has 1 amide bonds. The standard InChI is InChI=1S/C23H17BrN2O/c24-20-15-21(26-23(27)16-9-3-1-4-10-16)22(19-14-8-7-13-18(19)20)25-17-11-5-2-6-12-17/h1-15,25H,(H,26,27). The molecule has 0 atom stereocenters. The van der Waals surface area contributed by atoms with Crippen molar-refractivity contribution in [3.05, 3.63) is 101 Å². The van der Waals surface area contributed by atoms with Gasteiger partial charge in [0.1, 0.15) is 0 Å². The summed E-state index contributed by atoms with van der Waals surface area (Å²) in [5.74, 6) is -0.145. The SMILES string of the molecule is O=C(Nc1cc(Br)c2ccccc2c1Nc1ccccc1)c1ccccc1. The molecule has 0 fully saturated rings. The van der Waals surface area contributed by atoms with Gasteiger partial charge >= 0.3 is 0 Å². The van der Waals surface area contributed by atoms with E-state index in [9.17, 15) is 4.79 Å². The molecular weight excluding hydrogens is 400 g/mol. The van der Waals surface area contributed by atoms with E-state index in [2.05, 4.69) is 32.6 Å². The quantitative estimate of drug-likeness (QED) is 0.393. The maximum atomic E-state index is 12.7. The number of rotatable bonds is 4. The molecule has 4 aromatic rings. The van der Waals surface area contributed by atoms with Crippen molar-refractivity contribution in [1.29, 1.82) is 0 Å². The summed E-state index contributed by atoms with van der Waals surface area (Å²) in [5, 5.41) is 8.62. The van der Waals surface area contributed by atoms with Gasteiger partial charge < -0.3 is 10.6 Å². The molecule has 4 aromatic carbocycles. The summed E-state index contributed by atoms with van der Waals surface area (Å²) in [6.07, 6.45) is 0. The van der Waals surface area contributed by atoms with Crippen molar-refractivity contribution in [2.45, 2.75) is 0 Å². The van der Waals surface area contributed by atoms with E-state index in [1.165, 1.54) is 0 Å². The highest BCUT2D eigenvalue weighted by Crippen LogP contribution is 2.38. The topological polar surface area (TPSA) is 41.1 Å². The Morgan fingerprint density at radius 3 is 2.04 bits per heavy atom. The van der Waals surface area contributed by atoms with Gasteiger partial charge in [0.15, 0.2) is 0 Å². The summed E-state index contributed by atoms with van der Waals surface area (Å²) in [5.41, 5.74) is 3.16. The largest absolute Gasteiger partial charge is 0.353 e. The minimum atomic E-state index is -0.145. The second-order valence-electron chi connectivity index (χ2n) is 6.14. The second kappa shape index (κ2) is 7.64. The first-order valence-electron chi connectivity index (χ1n) is 8.62. The van der Waals surface area contributed by atoms with Crippen LogP contribution in [-0.2, 0) is 0 Å². The summed E-state index contributed by atoms with van der Waals surface area (Å²) < 4.78 is 0.931. The minimum Gasteiger partial charge on any atom is -0.353 e. The smallest absolute Gasteiger partial charge is 0.255 e. The fourth-order valence-corrected chi connectivity index (χ4v) is 3.59. The molecule has 2 N–H and O–H groups in total. The average Bonchev–Trinajstić information content (AvgIpc) is 2.72. The van der Waals surface area contributed by atoms with E-state index in [0.717, 1.165) is 32.3 Å². The number of para-hydroxylation sites is 1. The molecule has 0 unspecified atom stereocenters. The third-order valence-electron chi connectivity index (χ3n) is 4.32. The number of carbonyl (C=O) groups is 1. The number of carbonyl (C=O) groups excluding carboxylic acids is 1. The van der Waals surface area contributed by atoms with Crippen LogP contribution in [0.1, 0.15) is 10.4 Å². The Balaban J connectivity index is 1.81. The van der Waals surface area contributed by atoms with Gasteiger partial charge in [0.05, 0.1) is 11.4 Å². The number of nitrogens with one attached hydrogen (secondary N) is 2. The van der Waals surface area contributed by atoms with E-state index in [0.29, 0.717) is 5.56 Å². The van der Waals surface area contributed by atoms with Crippen LogP contribution in [0.25, 0.3) is 10.8 Å². The van der Waals surface area contributed by atoms with Gasteiger partial charge in [-0.3, -0.25) is 4.79 Å². The molecule has 0 aliphatic carbocycles. The molecule has 0 saturated heterocycles. The Labute approximate surface area is 166 Å². The van der Waals surface area contributed by atoms with E-state index < -0.39 is 0 Å². The average molecular weight is 417 g/mol.